The molecule has 1 aromatic carbocycles. The van der Waals surface area contributed by atoms with Crippen LogP contribution in [-0.2, 0) is 12.0 Å². The number of hydrogen-bond donors (Lipinski definition) is 1. The van der Waals surface area contributed by atoms with Crippen molar-refractivity contribution in [2.24, 2.45) is 5.73 Å². The van der Waals surface area contributed by atoms with Crippen LogP contribution in [0.1, 0.15) is 32.1 Å². The highest BCUT2D eigenvalue weighted by atomic mass is 16.5. The monoisotopic (exact) mass is 204 g/mol. The SMILES string of the molecule is CC(C)(C)c1onc2ccc(CN)cc12. The molecule has 0 unspecified atom stereocenters. The van der Waals surface area contributed by atoms with Gasteiger partial charge in [0.15, 0.2) is 0 Å². The van der Waals surface area contributed by atoms with Gasteiger partial charge in [-0.15, -0.1) is 0 Å². The zero-order valence-corrected chi connectivity index (χ0v) is 9.37. The fourth-order valence-corrected chi connectivity index (χ4v) is 1.66. The molecule has 0 aliphatic heterocycles. The average Bonchev–Trinajstić information content (AvgIpc) is 2.59. The Labute approximate surface area is 89.2 Å². The van der Waals surface area contributed by atoms with Gasteiger partial charge in [-0.05, 0) is 17.7 Å². The van der Waals surface area contributed by atoms with E-state index >= 15 is 0 Å². The summed E-state index contributed by atoms with van der Waals surface area (Å²) in [6.07, 6.45) is 0. The Bertz CT molecular complexity index is 480. The number of nitrogens with two attached hydrogens (primary N) is 1. The van der Waals surface area contributed by atoms with Crippen molar-refractivity contribution in [3.8, 4) is 0 Å². The molecule has 0 radical (unpaired) electrons. The Morgan fingerprint density at radius 1 is 1.33 bits per heavy atom. The van der Waals surface area contributed by atoms with E-state index in [2.05, 4.69) is 32.0 Å². The van der Waals surface area contributed by atoms with Gasteiger partial charge in [-0.25, -0.2) is 0 Å². The van der Waals surface area contributed by atoms with Crippen molar-refractivity contribution >= 4 is 10.9 Å². The number of benzene rings is 1. The lowest BCUT2D eigenvalue weighted by atomic mass is 9.90. The van der Waals surface area contributed by atoms with E-state index < -0.39 is 0 Å². The number of nitrogens with zero attached hydrogens (tertiary/aromatic N) is 1. The number of hydrogen-bond acceptors (Lipinski definition) is 3. The van der Waals surface area contributed by atoms with E-state index in [0.29, 0.717) is 6.54 Å². The quantitative estimate of drug-likeness (QED) is 0.776. The van der Waals surface area contributed by atoms with Gasteiger partial charge < -0.3 is 10.3 Å². The first-order valence-electron chi connectivity index (χ1n) is 5.11. The molecule has 15 heavy (non-hydrogen) atoms. The summed E-state index contributed by atoms with van der Waals surface area (Å²) in [5.74, 6) is 0.924. The molecule has 0 aliphatic carbocycles. The molecule has 0 saturated heterocycles. The van der Waals surface area contributed by atoms with Crippen molar-refractivity contribution in [2.75, 3.05) is 0 Å². The van der Waals surface area contributed by atoms with E-state index in [-0.39, 0.29) is 5.41 Å². The molecule has 0 aliphatic rings. The second kappa shape index (κ2) is 3.35. The van der Waals surface area contributed by atoms with E-state index in [0.717, 1.165) is 22.2 Å². The molecule has 2 aromatic rings. The van der Waals surface area contributed by atoms with Crippen LogP contribution in [0, 0.1) is 0 Å². The van der Waals surface area contributed by atoms with E-state index in [1.807, 2.05) is 12.1 Å². The van der Waals surface area contributed by atoms with Gasteiger partial charge in [-0.3, -0.25) is 0 Å². The van der Waals surface area contributed by atoms with Gasteiger partial charge in [0.2, 0.25) is 0 Å². The van der Waals surface area contributed by atoms with Crippen molar-refractivity contribution in [3.05, 3.63) is 29.5 Å². The molecule has 0 saturated carbocycles. The van der Waals surface area contributed by atoms with Crippen LogP contribution < -0.4 is 5.73 Å². The maximum absolute atomic E-state index is 5.62. The Morgan fingerprint density at radius 3 is 2.67 bits per heavy atom. The van der Waals surface area contributed by atoms with Crippen molar-refractivity contribution in [1.82, 2.24) is 5.16 Å². The first kappa shape index (κ1) is 10.2. The third-order valence-electron chi connectivity index (χ3n) is 2.46. The highest BCUT2D eigenvalue weighted by Crippen LogP contribution is 2.30. The molecule has 1 heterocycles. The molecule has 0 amide bonds. The Hall–Kier alpha value is -1.35. The minimum absolute atomic E-state index is 0.0258. The molecule has 3 heteroatoms. The summed E-state index contributed by atoms with van der Waals surface area (Å²) >= 11 is 0. The van der Waals surface area contributed by atoms with Crippen molar-refractivity contribution in [2.45, 2.75) is 32.7 Å². The first-order chi connectivity index (χ1) is 7.02. The molecule has 1 aromatic heterocycles. The second-order valence-electron chi connectivity index (χ2n) is 4.82. The predicted octanol–water partition coefficient (Wildman–Crippen LogP) is 2.58. The summed E-state index contributed by atoms with van der Waals surface area (Å²) in [6.45, 7) is 6.89. The van der Waals surface area contributed by atoms with Gasteiger partial charge in [0, 0.05) is 17.3 Å². The van der Waals surface area contributed by atoms with Gasteiger partial charge in [-0.1, -0.05) is 32.0 Å². The maximum atomic E-state index is 5.62. The first-order valence-corrected chi connectivity index (χ1v) is 5.11. The van der Waals surface area contributed by atoms with Gasteiger partial charge in [0.25, 0.3) is 0 Å². The molecule has 0 spiro atoms. The fraction of sp³-hybridized carbons (Fsp3) is 0.417. The standard InChI is InChI=1S/C12H16N2O/c1-12(2,3)11-9-6-8(7-13)4-5-10(9)14-15-11/h4-6H,7,13H2,1-3H3. The van der Waals surface area contributed by atoms with Crippen molar-refractivity contribution < 1.29 is 4.52 Å². The fourth-order valence-electron chi connectivity index (χ4n) is 1.66. The topological polar surface area (TPSA) is 52.0 Å². The molecular formula is C12H16N2O. The summed E-state index contributed by atoms with van der Waals surface area (Å²) < 4.78 is 5.39. The number of aromatic nitrogens is 1. The molecule has 3 nitrogen and oxygen atoms in total. The summed E-state index contributed by atoms with van der Waals surface area (Å²) in [6, 6.07) is 6.00. The lowest BCUT2D eigenvalue weighted by Gasteiger charge is -2.13. The highest BCUT2D eigenvalue weighted by molar-refractivity contribution is 5.82. The van der Waals surface area contributed by atoms with E-state index in [9.17, 15) is 0 Å². The molecule has 2 rings (SSSR count). The van der Waals surface area contributed by atoms with Gasteiger partial charge in [0.05, 0.1) is 0 Å². The summed E-state index contributed by atoms with van der Waals surface area (Å²) in [4.78, 5) is 0. The number of rotatable bonds is 1. The molecular weight excluding hydrogens is 188 g/mol. The van der Waals surface area contributed by atoms with Crippen molar-refractivity contribution in [1.29, 1.82) is 0 Å². The molecule has 80 valence electrons. The summed E-state index contributed by atoms with van der Waals surface area (Å²) in [5, 5.41) is 5.12. The Balaban J connectivity index is 2.67. The zero-order chi connectivity index (χ0) is 11.1. The van der Waals surface area contributed by atoms with Gasteiger partial charge in [-0.2, -0.15) is 0 Å². The van der Waals surface area contributed by atoms with Crippen molar-refractivity contribution in [3.63, 3.8) is 0 Å². The largest absolute Gasteiger partial charge is 0.360 e. The highest BCUT2D eigenvalue weighted by Gasteiger charge is 2.22. The lowest BCUT2D eigenvalue weighted by molar-refractivity contribution is 0.336. The van der Waals surface area contributed by atoms with Crippen LogP contribution >= 0.6 is 0 Å². The molecule has 2 N–H and O–H groups in total. The predicted molar refractivity (Wildman–Crippen MR) is 60.6 cm³/mol. The Kier molecular flexibility index (Phi) is 2.27. The maximum Gasteiger partial charge on any atom is 0.149 e. The molecule has 0 fully saturated rings. The van der Waals surface area contributed by atoms with E-state index in [1.165, 1.54) is 0 Å². The average molecular weight is 204 g/mol. The minimum Gasteiger partial charge on any atom is -0.360 e. The third-order valence-corrected chi connectivity index (χ3v) is 2.46. The molecule has 0 bridgehead atoms. The smallest absolute Gasteiger partial charge is 0.149 e. The molecule has 0 atom stereocenters. The van der Waals surface area contributed by atoms with Gasteiger partial charge >= 0.3 is 0 Å². The van der Waals surface area contributed by atoms with Crippen LogP contribution in [0.25, 0.3) is 10.9 Å². The zero-order valence-electron chi connectivity index (χ0n) is 9.37. The van der Waals surface area contributed by atoms with Crippen LogP contribution in [-0.4, -0.2) is 5.16 Å². The van der Waals surface area contributed by atoms with Crippen LogP contribution in [0.4, 0.5) is 0 Å². The van der Waals surface area contributed by atoms with Crippen LogP contribution in [0.2, 0.25) is 0 Å². The third kappa shape index (κ3) is 1.75. The minimum atomic E-state index is -0.0258. The van der Waals surface area contributed by atoms with Crippen LogP contribution in [0.5, 0.6) is 0 Å². The normalized spacial score (nSPS) is 12.3. The van der Waals surface area contributed by atoms with Gasteiger partial charge in [0.1, 0.15) is 11.3 Å². The lowest BCUT2D eigenvalue weighted by Crippen LogP contribution is -2.10. The van der Waals surface area contributed by atoms with E-state index in [1.54, 1.807) is 0 Å². The van der Waals surface area contributed by atoms with E-state index in [4.69, 9.17) is 10.3 Å². The van der Waals surface area contributed by atoms with Crippen LogP contribution in [0.3, 0.4) is 0 Å². The summed E-state index contributed by atoms with van der Waals surface area (Å²) in [7, 11) is 0. The summed E-state index contributed by atoms with van der Waals surface area (Å²) in [5.41, 5.74) is 7.60. The second-order valence-corrected chi connectivity index (χ2v) is 4.82. The Morgan fingerprint density at radius 2 is 2.07 bits per heavy atom. The number of fused-ring (bicyclic) bond motifs is 1. The van der Waals surface area contributed by atoms with Crippen LogP contribution in [0.15, 0.2) is 22.7 Å².